The number of anilines is 1. The molecule has 3 atom stereocenters. The average molecular weight is 375 g/mol. The lowest BCUT2D eigenvalue weighted by Gasteiger charge is -2.38. The van der Waals surface area contributed by atoms with Gasteiger partial charge in [-0.15, -0.1) is 0 Å². The third-order valence-corrected chi connectivity index (χ3v) is 5.23. The van der Waals surface area contributed by atoms with Crippen molar-refractivity contribution < 1.29 is 19.7 Å². The monoisotopic (exact) mass is 375 g/mol. The van der Waals surface area contributed by atoms with E-state index in [1.165, 1.54) is 0 Å². The Bertz CT molecular complexity index is 985. The molecule has 0 spiro atoms. The van der Waals surface area contributed by atoms with E-state index in [0.717, 1.165) is 11.1 Å². The van der Waals surface area contributed by atoms with Gasteiger partial charge in [0.15, 0.2) is 5.75 Å². The van der Waals surface area contributed by atoms with Crippen LogP contribution in [0.25, 0.3) is 0 Å². The van der Waals surface area contributed by atoms with Crippen LogP contribution in [-0.4, -0.2) is 22.2 Å². The Kier molecular flexibility index (Phi) is 4.65. The summed E-state index contributed by atoms with van der Waals surface area (Å²) < 4.78 is 6.05. The standard InChI is InChI=1S/C23H21NO4/c1-14-20(15-10-12-16(25)13-11-15)18-8-5-9-19(22(18)24-21(14)23(26)27)28-17-6-3-2-4-7-17/h2-14,20-21,24-25H,1H3,(H,26,27). The number of benzene rings is 3. The quantitative estimate of drug-likeness (QED) is 0.609. The molecule has 1 heterocycles. The molecule has 3 unspecified atom stereocenters. The number of hydrogen-bond donors (Lipinski definition) is 3. The molecule has 28 heavy (non-hydrogen) atoms. The smallest absolute Gasteiger partial charge is 0.326 e. The van der Waals surface area contributed by atoms with Crippen LogP contribution in [-0.2, 0) is 4.79 Å². The molecule has 0 radical (unpaired) electrons. The summed E-state index contributed by atoms with van der Waals surface area (Å²) in [6.45, 7) is 1.93. The maximum Gasteiger partial charge on any atom is 0.326 e. The highest BCUT2D eigenvalue weighted by Gasteiger charge is 2.39. The molecule has 4 rings (SSSR count). The maximum atomic E-state index is 11.9. The number of nitrogens with one attached hydrogen (secondary N) is 1. The van der Waals surface area contributed by atoms with E-state index in [1.54, 1.807) is 12.1 Å². The second kappa shape index (κ2) is 7.27. The number of phenolic OH excluding ortho intramolecular Hbond substituents is 1. The van der Waals surface area contributed by atoms with Crippen molar-refractivity contribution in [2.24, 2.45) is 5.92 Å². The van der Waals surface area contributed by atoms with Crippen molar-refractivity contribution in [2.45, 2.75) is 18.9 Å². The van der Waals surface area contributed by atoms with E-state index in [1.807, 2.05) is 67.6 Å². The van der Waals surface area contributed by atoms with Crippen molar-refractivity contribution >= 4 is 11.7 Å². The van der Waals surface area contributed by atoms with E-state index in [0.29, 0.717) is 17.2 Å². The van der Waals surface area contributed by atoms with Crippen molar-refractivity contribution in [3.63, 3.8) is 0 Å². The van der Waals surface area contributed by atoms with Gasteiger partial charge in [0, 0.05) is 5.92 Å². The molecule has 3 N–H and O–H groups in total. The highest BCUT2D eigenvalue weighted by atomic mass is 16.5. The lowest BCUT2D eigenvalue weighted by molar-refractivity contribution is -0.139. The Morgan fingerprint density at radius 2 is 1.68 bits per heavy atom. The van der Waals surface area contributed by atoms with Crippen LogP contribution < -0.4 is 10.1 Å². The fourth-order valence-electron chi connectivity index (χ4n) is 3.88. The molecular formula is C23H21NO4. The van der Waals surface area contributed by atoms with Crippen LogP contribution in [0.15, 0.2) is 72.8 Å². The third kappa shape index (κ3) is 3.27. The van der Waals surface area contributed by atoms with Gasteiger partial charge in [0.2, 0.25) is 0 Å². The minimum absolute atomic E-state index is 0.141. The first-order valence-electron chi connectivity index (χ1n) is 9.18. The number of carboxylic acids is 1. The first-order valence-corrected chi connectivity index (χ1v) is 9.18. The van der Waals surface area contributed by atoms with E-state index >= 15 is 0 Å². The van der Waals surface area contributed by atoms with Crippen molar-refractivity contribution in [1.29, 1.82) is 0 Å². The second-order valence-corrected chi connectivity index (χ2v) is 7.02. The summed E-state index contributed by atoms with van der Waals surface area (Å²) in [5.41, 5.74) is 2.62. The molecule has 0 saturated carbocycles. The van der Waals surface area contributed by atoms with E-state index < -0.39 is 12.0 Å². The van der Waals surface area contributed by atoms with Gasteiger partial charge < -0.3 is 20.3 Å². The fraction of sp³-hybridized carbons (Fsp3) is 0.174. The topological polar surface area (TPSA) is 78.8 Å². The Morgan fingerprint density at radius 3 is 2.36 bits per heavy atom. The van der Waals surface area contributed by atoms with Crippen molar-refractivity contribution in [3.05, 3.63) is 83.9 Å². The fourth-order valence-corrected chi connectivity index (χ4v) is 3.88. The third-order valence-electron chi connectivity index (χ3n) is 5.23. The number of ether oxygens (including phenoxy) is 1. The molecule has 0 saturated heterocycles. The number of phenols is 1. The summed E-state index contributed by atoms with van der Waals surface area (Å²) in [6, 6.07) is 21.3. The maximum absolute atomic E-state index is 11.9. The molecule has 142 valence electrons. The van der Waals surface area contributed by atoms with Crippen LogP contribution in [0.2, 0.25) is 0 Å². The highest BCUT2D eigenvalue weighted by Crippen LogP contribution is 2.47. The summed E-state index contributed by atoms with van der Waals surface area (Å²) in [6.07, 6.45) is 0. The summed E-state index contributed by atoms with van der Waals surface area (Å²) in [5, 5.41) is 22.6. The number of carbonyl (C=O) groups is 1. The van der Waals surface area contributed by atoms with E-state index in [2.05, 4.69) is 5.32 Å². The summed E-state index contributed by atoms with van der Waals surface area (Å²) in [4.78, 5) is 11.9. The van der Waals surface area contributed by atoms with Crippen molar-refractivity contribution in [2.75, 3.05) is 5.32 Å². The van der Waals surface area contributed by atoms with Gasteiger partial charge in [0.05, 0.1) is 5.69 Å². The van der Waals surface area contributed by atoms with Gasteiger partial charge in [0.1, 0.15) is 17.5 Å². The molecule has 0 aliphatic carbocycles. The molecule has 0 fully saturated rings. The summed E-state index contributed by atoms with van der Waals surface area (Å²) in [5.74, 6) is 0.215. The van der Waals surface area contributed by atoms with Crippen LogP contribution >= 0.6 is 0 Å². The van der Waals surface area contributed by atoms with Crippen LogP contribution in [0.4, 0.5) is 5.69 Å². The normalized spacial score (nSPS) is 20.7. The zero-order chi connectivity index (χ0) is 19.7. The lowest BCUT2D eigenvalue weighted by atomic mass is 9.74. The first-order chi connectivity index (χ1) is 13.5. The van der Waals surface area contributed by atoms with Gasteiger partial charge in [-0.1, -0.05) is 49.4 Å². The molecule has 0 aromatic heterocycles. The minimum atomic E-state index is -0.906. The van der Waals surface area contributed by atoms with Crippen molar-refractivity contribution in [1.82, 2.24) is 0 Å². The number of rotatable bonds is 4. The summed E-state index contributed by atoms with van der Waals surface area (Å²) >= 11 is 0. The van der Waals surface area contributed by atoms with Crippen LogP contribution in [0.1, 0.15) is 24.0 Å². The number of carboxylic acid groups (broad SMARTS) is 1. The zero-order valence-electron chi connectivity index (χ0n) is 15.4. The van der Waals surface area contributed by atoms with E-state index in [9.17, 15) is 15.0 Å². The zero-order valence-corrected chi connectivity index (χ0v) is 15.4. The van der Waals surface area contributed by atoms with Gasteiger partial charge in [-0.05, 0) is 47.4 Å². The second-order valence-electron chi connectivity index (χ2n) is 7.02. The number of para-hydroxylation sites is 2. The van der Waals surface area contributed by atoms with Gasteiger partial charge in [0.25, 0.3) is 0 Å². The number of fused-ring (bicyclic) bond motifs is 1. The van der Waals surface area contributed by atoms with Crippen LogP contribution in [0, 0.1) is 5.92 Å². The van der Waals surface area contributed by atoms with Gasteiger partial charge in [-0.3, -0.25) is 0 Å². The van der Waals surface area contributed by atoms with Gasteiger partial charge in [-0.2, -0.15) is 0 Å². The molecular weight excluding hydrogens is 354 g/mol. The molecule has 5 nitrogen and oxygen atoms in total. The SMILES string of the molecule is CC1C(C(=O)O)Nc2c(Oc3ccccc3)cccc2C1c1ccc(O)cc1. The summed E-state index contributed by atoms with van der Waals surface area (Å²) in [7, 11) is 0. The molecule has 0 bridgehead atoms. The Labute approximate surface area is 163 Å². The van der Waals surface area contributed by atoms with Crippen LogP contribution in [0.5, 0.6) is 17.2 Å². The number of hydrogen-bond acceptors (Lipinski definition) is 4. The molecule has 3 aromatic rings. The van der Waals surface area contributed by atoms with E-state index in [4.69, 9.17) is 4.74 Å². The Morgan fingerprint density at radius 1 is 0.964 bits per heavy atom. The molecule has 3 aromatic carbocycles. The average Bonchev–Trinajstić information content (AvgIpc) is 2.69. The van der Waals surface area contributed by atoms with E-state index in [-0.39, 0.29) is 17.6 Å². The number of aliphatic carboxylic acids is 1. The van der Waals surface area contributed by atoms with Crippen LogP contribution in [0.3, 0.4) is 0 Å². The lowest BCUT2D eigenvalue weighted by Crippen LogP contribution is -2.42. The predicted octanol–water partition coefficient (Wildman–Crippen LogP) is 4.83. The Hall–Kier alpha value is -3.47. The minimum Gasteiger partial charge on any atom is -0.508 e. The van der Waals surface area contributed by atoms with Gasteiger partial charge in [-0.25, -0.2) is 4.79 Å². The van der Waals surface area contributed by atoms with Crippen molar-refractivity contribution in [3.8, 4) is 17.2 Å². The molecule has 1 aliphatic rings. The predicted molar refractivity (Wildman–Crippen MR) is 107 cm³/mol. The molecule has 5 heteroatoms. The molecule has 1 aliphatic heterocycles. The Balaban J connectivity index is 1.82. The highest BCUT2D eigenvalue weighted by molar-refractivity contribution is 5.82. The molecule has 0 amide bonds. The number of aromatic hydroxyl groups is 1. The first kappa shape index (κ1) is 17.9. The largest absolute Gasteiger partial charge is 0.508 e. The van der Waals surface area contributed by atoms with Gasteiger partial charge >= 0.3 is 5.97 Å².